The van der Waals surface area contributed by atoms with Gasteiger partial charge >= 0.3 is 0 Å². The molecule has 1 aromatic heterocycles. The van der Waals surface area contributed by atoms with Crippen molar-refractivity contribution in [2.45, 2.75) is 39.7 Å². The van der Waals surface area contributed by atoms with Crippen LogP contribution >= 0.6 is 11.3 Å². The maximum Gasteiger partial charge on any atom is 0.185 e. The van der Waals surface area contributed by atoms with Gasteiger partial charge in [0.05, 0.1) is 5.69 Å². The second-order valence-electron chi connectivity index (χ2n) is 4.92. The largest absolute Gasteiger partial charge is 0.348 e. The Morgan fingerprint density at radius 3 is 2.71 bits per heavy atom. The van der Waals surface area contributed by atoms with Crippen LogP contribution in [-0.2, 0) is 13.0 Å². The third-order valence-corrected chi connectivity index (χ3v) is 4.65. The molecule has 17 heavy (non-hydrogen) atoms. The highest BCUT2D eigenvalue weighted by Gasteiger charge is 2.20. The number of piperidine rings is 1. The maximum absolute atomic E-state index is 4.80. The minimum Gasteiger partial charge on any atom is -0.348 e. The van der Waals surface area contributed by atoms with E-state index in [-0.39, 0.29) is 0 Å². The molecule has 1 fully saturated rings. The van der Waals surface area contributed by atoms with Crippen LogP contribution in [0.1, 0.15) is 37.3 Å². The summed E-state index contributed by atoms with van der Waals surface area (Å²) >= 11 is 1.87. The Kier molecular flexibility index (Phi) is 4.40. The molecule has 1 N–H and O–H groups in total. The van der Waals surface area contributed by atoms with Crippen molar-refractivity contribution in [1.29, 1.82) is 0 Å². The molecule has 2 rings (SSSR count). The molecule has 0 radical (unpaired) electrons. The first kappa shape index (κ1) is 12.8. The summed E-state index contributed by atoms with van der Waals surface area (Å²) in [5.74, 6) is 0.883. The van der Waals surface area contributed by atoms with E-state index in [9.17, 15) is 0 Å². The maximum atomic E-state index is 4.80. The number of rotatable bonds is 4. The van der Waals surface area contributed by atoms with Crippen LogP contribution in [0, 0.1) is 5.92 Å². The molecule has 4 heteroatoms. The highest BCUT2D eigenvalue weighted by atomic mass is 32.1. The minimum atomic E-state index is 0.883. The number of hydrogen-bond acceptors (Lipinski definition) is 4. The molecular weight excluding hydrogens is 230 g/mol. The lowest BCUT2D eigenvalue weighted by Crippen LogP contribution is -2.32. The van der Waals surface area contributed by atoms with Crippen LogP contribution in [0.15, 0.2) is 0 Å². The van der Waals surface area contributed by atoms with Gasteiger partial charge in [0.15, 0.2) is 5.13 Å². The molecule has 1 aliphatic heterocycles. The molecule has 0 spiro atoms. The van der Waals surface area contributed by atoms with Gasteiger partial charge in [-0.2, -0.15) is 0 Å². The summed E-state index contributed by atoms with van der Waals surface area (Å²) in [6.45, 7) is 7.85. The normalized spacial score (nSPS) is 17.7. The van der Waals surface area contributed by atoms with E-state index >= 15 is 0 Å². The van der Waals surface area contributed by atoms with Gasteiger partial charge in [-0.3, -0.25) is 0 Å². The first-order chi connectivity index (χ1) is 8.24. The molecule has 1 aromatic rings. The molecule has 3 nitrogen and oxygen atoms in total. The van der Waals surface area contributed by atoms with Gasteiger partial charge in [0.25, 0.3) is 0 Å². The Hall–Kier alpha value is -0.610. The van der Waals surface area contributed by atoms with E-state index in [2.05, 4.69) is 24.1 Å². The van der Waals surface area contributed by atoms with E-state index in [1.54, 1.807) is 0 Å². The minimum absolute atomic E-state index is 0.883. The second-order valence-corrected chi connectivity index (χ2v) is 5.98. The van der Waals surface area contributed by atoms with Crippen LogP contribution in [0.3, 0.4) is 0 Å². The fraction of sp³-hybridized carbons (Fsp3) is 0.769. The lowest BCUT2D eigenvalue weighted by atomic mass is 10.00. The first-order valence-corrected chi connectivity index (χ1v) is 7.44. The standard InChI is InChI=1S/C13H23N3S/c1-4-11-12(9-14-3)17-13(15-11)16-7-5-10(2)6-8-16/h10,14H,4-9H2,1-3H3. The number of anilines is 1. The van der Waals surface area contributed by atoms with Crippen molar-refractivity contribution in [2.24, 2.45) is 5.92 Å². The van der Waals surface area contributed by atoms with E-state index < -0.39 is 0 Å². The zero-order valence-electron chi connectivity index (χ0n) is 11.1. The van der Waals surface area contributed by atoms with Crippen molar-refractivity contribution in [1.82, 2.24) is 10.3 Å². The predicted octanol–water partition coefficient (Wildman–Crippen LogP) is 2.66. The molecule has 1 saturated heterocycles. The summed E-state index contributed by atoms with van der Waals surface area (Å²) < 4.78 is 0. The molecule has 2 heterocycles. The van der Waals surface area contributed by atoms with Crippen LogP contribution in [0.4, 0.5) is 5.13 Å². The van der Waals surface area contributed by atoms with Crippen molar-refractivity contribution >= 4 is 16.5 Å². The number of aryl methyl sites for hydroxylation is 1. The smallest absolute Gasteiger partial charge is 0.185 e. The van der Waals surface area contributed by atoms with Gasteiger partial charge in [0.1, 0.15) is 0 Å². The molecule has 0 aromatic carbocycles. The zero-order chi connectivity index (χ0) is 12.3. The molecule has 0 atom stereocenters. The molecule has 96 valence electrons. The van der Waals surface area contributed by atoms with Gasteiger partial charge in [-0.15, -0.1) is 11.3 Å². The fourth-order valence-corrected chi connectivity index (χ4v) is 3.49. The summed E-state index contributed by atoms with van der Waals surface area (Å²) in [4.78, 5) is 8.67. The van der Waals surface area contributed by atoms with E-state index in [0.717, 1.165) is 18.9 Å². The number of thiazole rings is 1. The number of aromatic nitrogens is 1. The van der Waals surface area contributed by atoms with E-state index in [1.807, 2.05) is 18.4 Å². The van der Waals surface area contributed by atoms with Gasteiger partial charge in [-0.1, -0.05) is 13.8 Å². The van der Waals surface area contributed by atoms with Crippen LogP contribution < -0.4 is 10.2 Å². The topological polar surface area (TPSA) is 28.2 Å². The van der Waals surface area contributed by atoms with E-state index in [1.165, 1.54) is 41.6 Å². The molecule has 0 amide bonds. The van der Waals surface area contributed by atoms with Crippen LogP contribution in [0.5, 0.6) is 0 Å². The Morgan fingerprint density at radius 1 is 1.41 bits per heavy atom. The SMILES string of the molecule is CCc1nc(N2CCC(C)CC2)sc1CNC. The van der Waals surface area contributed by atoms with Crippen molar-refractivity contribution in [2.75, 3.05) is 25.0 Å². The quantitative estimate of drug-likeness (QED) is 0.894. The number of nitrogens with zero attached hydrogens (tertiary/aromatic N) is 2. The number of hydrogen-bond donors (Lipinski definition) is 1. The third-order valence-electron chi connectivity index (χ3n) is 3.49. The Morgan fingerprint density at radius 2 is 2.12 bits per heavy atom. The fourth-order valence-electron chi connectivity index (χ4n) is 2.28. The Balaban J connectivity index is 2.10. The summed E-state index contributed by atoms with van der Waals surface area (Å²) in [6.07, 6.45) is 3.66. The summed E-state index contributed by atoms with van der Waals surface area (Å²) in [6, 6.07) is 0. The van der Waals surface area contributed by atoms with Crippen molar-refractivity contribution in [3.8, 4) is 0 Å². The van der Waals surface area contributed by atoms with E-state index in [4.69, 9.17) is 4.98 Å². The molecule has 0 unspecified atom stereocenters. The molecule has 1 aliphatic rings. The average molecular weight is 253 g/mol. The number of nitrogens with one attached hydrogen (secondary N) is 1. The van der Waals surface area contributed by atoms with Gasteiger partial charge in [0.2, 0.25) is 0 Å². The Bertz CT molecular complexity index is 354. The second kappa shape index (κ2) is 5.83. The Labute approximate surface area is 108 Å². The summed E-state index contributed by atoms with van der Waals surface area (Å²) in [5, 5.41) is 4.47. The summed E-state index contributed by atoms with van der Waals surface area (Å²) in [5.41, 5.74) is 1.28. The highest BCUT2D eigenvalue weighted by molar-refractivity contribution is 7.15. The summed E-state index contributed by atoms with van der Waals surface area (Å²) in [7, 11) is 2.00. The van der Waals surface area contributed by atoms with Crippen molar-refractivity contribution in [3.05, 3.63) is 10.6 Å². The van der Waals surface area contributed by atoms with Gasteiger partial charge < -0.3 is 10.2 Å². The van der Waals surface area contributed by atoms with E-state index in [0.29, 0.717) is 0 Å². The molecule has 0 bridgehead atoms. The molecule has 0 aliphatic carbocycles. The third kappa shape index (κ3) is 2.99. The highest BCUT2D eigenvalue weighted by Crippen LogP contribution is 2.29. The van der Waals surface area contributed by atoms with Crippen LogP contribution in [0.2, 0.25) is 0 Å². The van der Waals surface area contributed by atoms with Gasteiger partial charge in [-0.25, -0.2) is 4.98 Å². The molecular formula is C13H23N3S. The van der Waals surface area contributed by atoms with Crippen molar-refractivity contribution in [3.63, 3.8) is 0 Å². The van der Waals surface area contributed by atoms with Gasteiger partial charge in [-0.05, 0) is 32.2 Å². The average Bonchev–Trinajstić information content (AvgIpc) is 2.74. The molecule has 0 saturated carbocycles. The predicted molar refractivity (Wildman–Crippen MR) is 74.9 cm³/mol. The monoisotopic (exact) mass is 253 g/mol. The first-order valence-electron chi connectivity index (χ1n) is 6.62. The lowest BCUT2D eigenvalue weighted by Gasteiger charge is -2.29. The van der Waals surface area contributed by atoms with Gasteiger partial charge in [0, 0.05) is 24.5 Å². The van der Waals surface area contributed by atoms with Crippen LogP contribution in [-0.4, -0.2) is 25.1 Å². The van der Waals surface area contributed by atoms with Crippen molar-refractivity contribution < 1.29 is 0 Å². The van der Waals surface area contributed by atoms with Crippen LogP contribution in [0.25, 0.3) is 0 Å². The zero-order valence-corrected chi connectivity index (χ0v) is 11.9. The lowest BCUT2D eigenvalue weighted by molar-refractivity contribution is 0.438.